The van der Waals surface area contributed by atoms with Crippen molar-refractivity contribution in [2.45, 2.75) is 0 Å². The van der Waals surface area contributed by atoms with Crippen LogP contribution in [0.4, 0.5) is 11.4 Å². The summed E-state index contributed by atoms with van der Waals surface area (Å²) in [6.45, 7) is -0.544. The fraction of sp³-hybridized carbons (Fsp3) is 0.0526. The van der Waals surface area contributed by atoms with E-state index in [-0.39, 0.29) is 11.4 Å². The number of amides is 1. The molecule has 0 aliphatic rings. The summed E-state index contributed by atoms with van der Waals surface area (Å²) in [4.78, 5) is 34.4. The molecule has 0 saturated carbocycles. The molecule has 0 bridgehead atoms. The number of nitro groups is 1. The highest BCUT2D eigenvalue weighted by atomic mass is 16.6. The summed E-state index contributed by atoms with van der Waals surface area (Å²) in [5.41, 5.74) is 0.133. The lowest BCUT2D eigenvalue weighted by molar-refractivity contribution is -0.383. The third-order valence-electron chi connectivity index (χ3n) is 3.69. The summed E-state index contributed by atoms with van der Waals surface area (Å²) in [7, 11) is 0. The van der Waals surface area contributed by atoms with Gasteiger partial charge in [-0.3, -0.25) is 14.9 Å². The van der Waals surface area contributed by atoms with E-state index in [1.54, 1.807) is 24.3 Å². The number of fused-ring (bicyclic) bond motifs is 1. The van der Waals surface area contributed by atoms with Gasteiger partial charge in [-0.1, -0.05) is 42.5 Å². The van der Waals surface area contributed by atoms with E-state index in [1.807, 2.05) is 24.3 Å². The quantitative estimate of drug-likeness (QED) is 0.431. The Morgan fingerprint density at radius 1 is 0.962 bits per heavy atom. The van der Waals surface area contributed by atoms with Crippen molar-refractivity contribution in [3.8, 4) is 0 Å². The number of hydrogen-bond donors (Lipinski definition) is 1. The molecule has 7 heteroatoms. The molecule has 1 amide bonds. The Kier molecular flexibility index (Phi) is 4.89. The largest absolute Gasteiger partial charge is 0.452 e. The van der Waals surface area contributed by atoms with Gasteiger partial charge in [0.25, 0.3) is 11.6 Å². The Bertz CT molecular complexity index is 1000. The molecule has 0 heterocycles. The van der Waals surface area contributed by atoms with Gasteiger partial charge < -0.3 is 10.1 Å². The predicted octanol–water partition coefficient (Wildman–Crippen LogP) is 3.54. The van der Waals surface area contributed by atoms with Crippen molar-refractivity contribution in [1.29, 1.82) is 0 Å². The molecule has 0 aromatic heterocycles. The van der Waals surface area contributed by atoms with E-state index >= 15 is 0 Å². The first-order chi connectivity index (χ1) is 12.5. The molecule has 0 fully saturated rings. The van der Waals surface area contributed by atoms with Gasteiger partial charge in [-0.05, 0) is 29.0 Å². The molecule has 0 aliphatic heterocycles. The van der Waals surface area contributed by atoms with Crippen LogP contribution in [0.5, 0.6) is 0 Å². The minimum Gasteiger partial charge on any atom is -0.452 e. The summed E-state index contributed by atoms with van der Waals surface area (Å²) in [5.74, 6) is -1.30. The van der Waals surface area contributed by atoms with Crippen molar-refractivity contribution in [2.24, 2.45) is 0 Å². The normalized spacial score (nSPS) is 10.3. The number of ether oxygens (including phenoxy) is 1. The Hall–Kier alpha value is -3.74. The first kappa shape index (κ1) is 17.1. The number of nitrogens with one attached hydrogen (secondary N) is 1. The number of anilines is 1. The van der Waals surface area contributed by atoms with Gasteiger partial charge in [0, 0.05) is 6.07 Å². The number of esters is 1. The second-order valence-corrected chi connectivity index (χ2v) is 5.46. The molecule has 130 valence electrons. The van der Waals surface area contributed by atoms with Gasteiger partial charge in [0.05, 0.1) is 10.5 Å². The van der Waals surface area contributed by atoms with Gasteiger partial charge in [0.2, 0.25) is 0 Å². The molecule has 3 rings (SSSR count). The van der Waals surface area contributed by atoms with Gasteiger partial charge in [0.1, 0.15) is 5.69 Å². The van der Waals surface area contributed by atoms with Crippen molar-refractivity contribution in [3.63, 3.8) is 0 Å². The second-order valence-electron chi connectivity index (χ2n) is 5.46. The number of para-hydroxylation sites is 2. The second kappa shape index (κ2) is 7.43. The molecular weight excluding hydrogens is 336 g/mol. The standard InChI is InChI=1S/C19H14N2O5/c22-18(20-16-7-3-4-8-17(16)21(24)25)12-26-19(23)15-10-9-13-5-1-2-6-14(13)11-15/h1-11H,12H2,(H,20,22). The summed E-state index contributed by atoms with van der Waals surface area (Å²) >= 11 is 0. The van der Waals surface area contributed by atoms with Crippen LogP contribution in [0.2, 0.25) is 0 Å². The molecule has 26 heavy (non-hydrogen) atoms. The Morgan fingerprint density at radius 3 is 2.42 bits per heavy atom. The van der Waals surface area contributed by atoms with E-state index in [1.165, 1.54) is 18.2 Å². The molecule has 7 nitrogen and oxygen atoms in total. The lowest BCUT2D eigenvalue weighted by Crippen LogP contribution is -2.21. The van der Waals surface area contributed by atoms with E-state index in [4.69, 9.17) is 4.74 Å². The summed E-state index contributed by atoms with van der Waals surface area (Å²) in [6.07, 6.45) is 0. The molecule has 1 N–H and O–H groups in total. The van der Waals surface area contributed by atoms with Gasteiger partial charge in [-0.2, -0.15) is 0 Å². The Labute approximate surface area is 148 Å². The lowest BCUT2D eigenvalue weighted by atomic mass is 10.1. The van der Waals surface area contributed by atoms with E-state index in [0.29, 0.717) is 5.56 Å². The number of nitrogens with zero attached hydrogens (tertiary/aromatic N) is 1. The van der Waals surface area contributed by atoms with Crippen LogP contribution in [0.15, 0.2) is 66.7 Å². The van der Waals surface area contributed by atoms with E-state index in [2.05, 4.69) is 5.32 Å². The highest BCUT2D eigenvalue weighted by Gasteiger charge is 2.16. The highest BCUT2D eigenvalue weighted by molar-refractivity contribution is 5.98. The fourth-order valence-electron chi connectivity index (χ4n) is 2.46. The number of nitro benzene ring substituents is 1. The first-order valence-electron chi connectivity index (χ1n) is 7.74. The van der Waals surface area contributed by atoms with Crippen molar-refractivity contribution in [1.82, 2.24) is 0 Å². The Balaban J connectivity index is 1.63. The third-order valence-corrected chi connectivity index (χ3v) is 3.69. The summed E-state index contributed by atoms with van der Waals surface area (Å²) < 4.78 is 4.99. The van der Waals surface area contributed by atoms with Crippen LogP contribution in [0.3, 0.4) is 0 Å². The topological polar surface area (TPSA) is 98.5 Å². The molecule has 0 atom stereocenters. The van der Waals surface area contributed by atoms with Crippen LogP contribution in [0.1, 0.15) is 10.4 Å². The van der Waals surface area contributed by atoms with Crippen LogP contribution in [-0.4, -0.2) is 23.4 Å². The van der Waals surface area contributed by atoms with Crippen LogP contribution < -0.4 is 5.32 Å². The first-order valence-corrected chi connectivity index (χ1v) is 7.74. The van der Waals surface area contributed by atoms with Crippen LogP contribution in [0.25, 0.3) is 10.8 Å². The van der Waals surface area contributed by atoms with Gasteiger partial charge in [-0.15, -0.1) is 0 Å². The van der Waals surface area contributed by atoms with Gasteiger partial charge in [-0.25, -0.2) is 4.79 Å². The van der Waals surface area contributed by atoms with Crippen molar-refractivity contribution >= 4 is 34.0 Å². The maximum atomic E-state index is 12.1. The lowest BCUT2D eigenvalue weighted by Gasteiger charge is -2.07. The predicted molar refractivity (Wildman–Crippen MR) is 96.0 cm³/mol. The van der Waals surface area contributed by atoms with E-state index in [0.717, 1.165) is 10.8 Å². The molecule has 3 aromatic carbocycles. The average Bonchev–Trinajstić information content (AvgIpc) is 2.66. The Morgan fingerprint density at radius 2 is 1.65 bits per heavy atom. The molecule has 0 radical (unpaired) electrons. The zero-order chi connectivity index (χ0) is 18.5. The number of hydrogen-bond acceptors (Lipinski definition) is 5. The van der Waals surface area contributed by atoms with Crippen LogP contribution >= 0.6 is 0 Å². The maximum absolute atomic E-state index is 12.1. The van der Waals surface area contributed by atoms with Crippen molar-refractivity contribution < 1.29 is 19.2 Å². The summed E-state index contributed by atoms with van der Waals surface area (Å²) in [6, 6.07) is 18.4. The minimum absolute atomic E-state index is 0.0456. The minimum atomic E-state index is -0.659. The van der Waals surface area contributed by atoms with Crippen LogP contribution in [0, 0.1) is 10.1 Å². The average molecular weight is 350 g/mol. The monoisotopic (exact) mass is 350 g/mol. The zero-order valence-corrected chi connectivity index (χ0v) is 13.5. The van der Waals surface area contributed by atoms with E-state index < -0.39 is 23.4 Å². The molecule has 0 spiro atoms. The zero-order valence-electron chi connectivity index (χ0n) is 13.5. The number of carbonyl (C=O) groups is 2. The number of rotatable bonds is 5. The third kappa shape index (κ3) is 3.84. The molecule has 0 unspecified atom stereocenters. The van der Waals surface area contributed by atoms with Crippen LogP contribution in [-0.2, 0) is 9.53 Å². The fourth-order valence-corrected chi connectivity index (χ4v) is 2.46. The molecular formula is C19H14N2O5. The number of carbonyl (C=O) groups excluding carboxylic acids is 2. The molecule has 0 aliphatic carbocycles. The van der Waals surface area contributed by atoms with Crippen molar-refractivity contribution in [2.75, 3.05) is 11.9 Å². The van der Waals surface area contributed by atoms with Gasteiger partial charge >= 0.3 is 5.97 Å². The molecule has 3 aromatic rings. The molecule has 0 saturated heterocycles. The number of benzene rings is 3. The van der Waals surface area contributed by atoms with Gasteiger partial charge in [0.15, 0.2) is 6.61 Å². The highest BCUT2D eigenvalue weighted by Crippen LogP contribution is 2.23. The smallest absolute Gasteiger partial charge is 0.338 e. The van der Waals surface area contributed by atoms with Crippen molar-refractivity contribution in [3.05, 3.63) is 82.4 Å². The SMILES string of the molecule is O=C(COC(=O)c1ccc2ccccc2c1)Nc1ccccc1[N+](=O)[O-]. The summed E-state index contributed by atoms with van der Waals surface area (Å²) in [5, 5.41) is 15.2. The maximum Gasteiger partial charge on any atom is 0.338 e. The van der Waals surface area contributed by atoms with E-state index in [9.17, 15) is 19.7 Å².